The van der Waals surface area contributed by atoms with Crippen LogP contribution >= 0.6 is 0 Å². The zero-order chi connectivity index (χ0) is 12.3. The number of hydrogen-bond donors (Lipinski definition) is 1. The Morgan fingerprint density at radius 2 is 1.76 bits per heavy atom. The molecule has 1 aromatic rings. The number of benzene rings is 1. The predicted molar refractivity (Wildman–Crippen MR) is 71.3 cm³/mol. The fourth-order valence-electron chi connectivity index (χ4n) is 2.29. The summed E-state index contributed by atoms with van der Waals surface area (Å²) in [6.07, 6.45) is 1.13. The van der Waals surface area contributed by atoms with Crippen LogP contribution in [0.25, 0.3) is 0 Å². The third kappa shape index (κ3) is 3.30. The van der Waals surface area contributed by atoms with Gasteiger partial charge in [0.25, 0.3) is 0 Å². The first-order valence-corrected chi connectivity index (χ1v) is 6.60. The Labute approximate surface area is 104 Å². The second-order valence-electron chi connectivity index (χ2n) is 5.27. The molecular weight excluding hydrogens is 210 g/mol. The Bertz CT molecular complexity index is 338. The van der Waals surface area contributed by atoms with Crippen molar-refractivity contribution >= 4 is 0 Å². The molecule has 0 spiro atoms. The lowest BCUT2D eigenvalue weighted by molar-refractivity contribution is 0.188. The molecule has 1 fully saturated rings. The topological polar surface area (TPSA) is 21.3 Å². The van der Waals surface area contributed by atoms with Gasteiger partial charge in [0, 0.05) is 18.7 Å². The molecule has 0 aromatic heterocycles. The van der Waals surface area contributed by atoms with E-state index in [1.54, 1.807) is 0 Å². The molecule has 1 aromatic carbocycles. The largest absolute Gasteiger partial charge is 0.380 e. The zero-order valence-corrected chi connectivity index (χ0v) is 11.1. The third-order valence-corrected chi connectivity index (χ3v) is 3.52. The van der Waals surface area contributed by atoms with Crippen LogP contribution in [0.15, 0.2) is 24.3 Å². The summed E-state index contributed by atoms with van der Waals surface area (Å²) in [5, 5.41) is 3.62. The van der Waals surface area contributed by atoms with Crippen molar-refractivity contribution in [2.75, 3.05) is 13.2 Å². The smallest absolute Gasteiger partial charge is 0.0620 e. The van der Waals surface area contributed by atoms with Crippen molar-refractivity contribution in [3.63, 3.8) is 0 Å². The third-order valence-electron chi connectivity index (χ3n) is 3.52. The molecule has 0 saturated carbocycles. The first-order valence-electron chi connectivity index (χ1n) is 6.60. The van der Waals surface area contributed by atoms with E-state index in [1.165, 1.54) is 11.1 Å². The van der Waals surface area contributed by atoms with Crippen molar-refractivity contribution in [3.05, 3.63) is 35.4 Å². The standard InChI is InChI=1S/C15H23NO/c1-11(2)13-4-6-14(7-5-13)12(3)16-15-8-9-17-10-15/h4-7,11-12,15-16H,8-10H2,1-3H3. The van der Waals surface area contributed by atoms with Crippen LogP contribution in [0.1, 0.15) is 50.3 Å². The molecule has 1 N–H and O–H groups in total. The van der Waals surface area contributed by atoms with Gasteiger partial charge in [-0.3, -0.25) is 0 Å². The summed E-state index contributed by atoms with van der Waals surface area (Å²) in [5.41, 5.74) is 2.77. The molecule has 0 aliphatic carbocycles. The first kappa shape index (κ1) is 12.6. The lowest BCUT2D eigenvalue weighted by Gasteiger charge is -2.19. The molecule has 0 bridgehead atoms. The highest BCUT2D eigenvalue weighted by atomic mass is 16.5. The lowest BCUT2D eigenvalue weighted by Crippen LogP contribution is -2.31. The summed E-state index contributed by atoms with van der Waals surface area (Å²) in [7, 11) is 0. The fourth-order valence-corrected chi connectivity index (χ4v) is 2.29. The average molecular weight is 233 g/mol. The van der Waals surface area contributed by atoms with E-state index in [1.807, 2.05) is 0 Å². The zero-order valence-electron chi connectivity index (χ0n) is 11.1. The van der Waals surface area contributed by atoms with Crippen molar-refractivity contribution in [3.8, 4) is 0 Å². The van der Waals surface area contributed by atoms with Gasteiger partial charge in [-0.2, -0.15) is 0 Å². The Morgan fingerprint density at radius 1 is 1.12 bits per heavy atom. The number of nitrogens with one attached hydrogen (secondary N) is 1. The molecule has 1 saturated heterocycles. The summed E-state index contributed by atoms with van der Waals surface area (Å²) in [6.45, 7) is 8.44. The SMILES string of the molecule is CC(C)c1ccc(C(C)NC2CCOC2)cc1. The van der Waals surface area contributed by atoms with E-state index in [0.717, 1.165) is 19.6 Å². The van der Waals surface area contributed by atoms with Gasteiger partial charge in [-0.25, -0.2) is 0 Å². The van der Waals surface area contributed by atoms with E-state index in [0.29, 0.717) is 18.0 Å². The first-order chi connectivity index (χ1) is 8.16. The van der Waals surface area contributed by atoms with Crippen LogP contribution in [0.2, 0.25) is 0 Å². The van der Waals surface area contributed by atoms with Gasteiger partial charge in [-0.15, -0.1) is 0 Å². The van der Waals surface area contributed by atoms with Crippen molar-refractivity contribution in [2.24, 2.45) is 0 Å². The molecule has 0 amide bonds. The van der Waals surface area contributed by atoms with E-state index in [9.17, 15) is 0 Å². The van der Waals surface area contributed by atoms with E-state index in [2.05, 4.69) is 50.4 Å². The summed E-state index contributed by atoms with van der Waals surface area (Å²) in [4.78, 5) is 0. The minimum atomic E-state index is 0.405. The molecular formula is C15H23NO. The maximum Gasteiger partial charge on any atom is 0.0620 e. The van der Waals surface area contributed by atoms with Gasteiger partial charge in [-0.05, 0) is 30.4 Å². The van der Waals surface area contributed by atoms with E-state index >= 15 is 0 Å². The van der Waals surface area contributed by atoms with Gasteiger partial charge in [0.15, 0.2) is 0 Å². The number of hydrogen-bond acceptors (Lipinski definition) is 2. The maximum atomic E-state index is 5.38. The fraction of sp³-hybridized carbons (Fsp3) is 0.600. The summed E-state index contributed by atoms with van der Waals surface area (Å²) >= 11 is 0. The normalized spacial score (nSPS) is 22.0. The molecule has 1 aliphatic rings. The van der Waals surface area contributed by atoms with Crippen LogP contribution in [0.4, 0.5) is 0 Å². The van der Waals surface area contributed by atoms with E-state index < -0.39 is 0 Å². The summed E-state index contributed by atoms with van der Waals surface area (Å²) in [6, 6.07) is 9.89. The minimum absolute atomic E-state index is 0.405. The highest BCUT2D eigenvalue weighted by molar-refractivity contribution is 5.26. The Kier molecular flexibility index (Phi) is 4.19. The van der Waals surface area contributed by atoms with Crippen molar-refractivity contribution in [1.82, 2.24) is 5.32 Å². The Balaban J connectivity index is 1.96. The van der Waals surface area contributed by atoms with Gasteiger partial charge in [0.2, 0.25) is 0 Å². The van der Waals surface area contributed by atoms with Gasteiger partial charge < -0.3 is 10.1 Å². The van der Waals surface area contributed by atoms with Crippen LogP contribution in [0, 0.1) is 0 Å². The maximum absolute atomic E-state index is 5.38. The number of ether oxygens (including phenoxy) is 1. The Morgan fingerprint density at radius 3 is 2.29 bits per heavy atom. The molecule has 2 rings (SSSR count). The van der Waals surface area contributed by atoms with Crippen LogP contribution in [0.3, 0.4) is 0 Å². The molecule has 17 heavy (non-hydrogen) atoms. The second-order valence-corrected chi connectivity index (χ2v) is 5.27. The molecule has 2 atom stereocenters. The summed E-state index contributed by atoms with van der Waals surface area (Å²) in [5.74, 6) is 0.607. The van der Waals surface area contributed by atoms with Gasteiger partial charge >= 0.3 is 0 Å². The van der Waals surface area contributed by atoms with Crippen molar-refractivity contribution in [2.45, 2.75) is 45.2 Å². The average Bonchev–Trinajstić information content (AvgIpc) is 2.82. The number of rotatable bonds is 4. The van der Waals surface area contributed by atoms with Gasteiger partial charge in [0.05, 0.1) is 6.61 Å². The molecule has 0 radical (unpaired) electrons. The van der Waals surface area contributed by atoms with Gasteiger partial charge in [-0.1, -0.05) is 38.1 Å². The van der Waals surface area contributed by atoms with Crippen LogP contribution in [0.5, 0.6) is 0 Å². The van der Waals surface area contributed by atoms with Crippen LogP contribution in [-0.2, 0) is 4.74 Å². The van der Waals surface area contributed by atoms with E-state index in [-0.39, 0.29) is 0 Å². The Hall–Kier alpha value is -0.860. The summed E-state index contributed by atoms with van der Waals surface area (Å²) < 4.78 is 5.38. The van der Waals surface area contributed by atoms with Crippen molar-refractivity contribution < 1.29 is 4.74 Å². The highest BCUT2D eigenvalue weighted by Gasteiger charge is 2.18. The predicted octanol–water partition coefficient (Wildman–Crippen LogP) is 3.25. The quantitative estimate of drug-likeness (QED) is 0.862. The minimum Gasteiger partial charge on any atom is -0.380 e. The van der Waals surface area contributed by atoms with Crippen molar-refractivity contribution in [1.29, 1.82) is 0 Å². The van der Waals surface area contributed by atoms with Crippen LogP contribution < -0.4 is 5.32 Å². The molecule has 2 unspecified atom stereocenters. The van der Waals surface area contributed by atoms with Crippen LogP contribution in [-0.4, -0.2) is 19.3 Å². The van der Waals surface area contributed by atoms with E-state index in [4.69, 9.17) is 4.74 Å². The molecule has 2 heteroatoms. The molecule has 1 heterocycles. The monoisotopic (exact) mass is 233 g/mol. The molecule has 2 nitrogen and oxygen atoms in total. The molecule has 94 valence electrons. The highest BCUT2D eigenvalue weighted by Crippen LogP contribution is 2.19. The lowest BCUT2D eigenvalue weighted by atomic mass is 9.99. The second kappa shape index (κ2) is 5.65. The van der Waals surface area contributed by atoms with Gasteiger partial charge in [0.1, 0.15) is 0 Å². The molecule has 1 aliphatic heterocycles.